The fraction of sp³-hybridized carbons (Fsp3) is 0.556. The minimum absolute atomic E-state index is 0.00352. The smallest absolute Gasteiger partial charge is 0.264 e. The zero-order valence-electron chi connectivity index (χ0n) is 15.3. The molecule has 0 unspecified atom stereocenters. The van der Waals surface area contributed by atoms with Gasteiger partial charge in [0.15, 0.2) is 4.32 Å². The SMILES string of the molecule is CCN(CC)C(=S)SN(C(=O)c1cc(C)cc(C)c1)C(C)(C)C. The fourth-order valence-corrected chi connectivity index (χ4v) is 3.79. The highest BCUT2D eigenvalue weighted by molar-refractivity contribution is 8.21. The second kappa shape index (κ2) is 8.15. The minimum atomic E-state index is -0.323. The Morgan fingerprint density at radius 1 is 1.09 bits per heavy atom. The van der Waals surface area contributed by atoms with Gasteiger partial charge in [-0.15, -0.1) is 0 Å². The Morgan fingerprint density at radius 2 is 1.57 bits per heavy atom. The van der Waals surface area contributed by atoms with Gasteiger partial charge in [0, 0.05) is 36.1 Å². The molecule has 128 valence electrons. The average molecular weight is 353 g/mol. The zero-order valence-corrected chi connectivity index (χ0v) is 16.9. The zero-order chi connectivity index (χ0) is 17.8. The molecule has 0 radical (unpaired) electrons. The van der Waals surface area contributed by atoms with Gasteiger partial charge in [-0.1, -0.05) is 29.4 Å². The quantitative estimate of drug-likeness (QED) is 0.575. The van der Waals surface area contributed by atoms with Gasteiger partial charge < -0.3 is 4.90 Å². The summed E-state index contributed by atoms with van der Waals surface area (Å²) in [7, 11) is 0. The van der Waals surface area contributed by atoms with Crippen molar-refractivity contribution in [1.82, 2.24) is 9.21 Å². The van der Waals surface area contributed by atoms with Gasteiger partial charge in [-0.25, -0.2) is 0 Å². The van der Waals surface area contributed by atoms with Crippen molar-refractivity contribution in [1.29, 1.82) is 0 Å². The van der Waals surface area contributed by atoms with Crippen LogP contribution in [0, 0.1) is 13.8 Å². The Bertz CT molecular complexity index is 555. The van der Waals surface area contributed by atoms with E-state index in [1.807, 2.05) is 46.8 Å². The van der Waals surface area contributed by atoms with E-state index in [0.717, 1.165) is 28.5 Å². The molecule has 3 nitrogen and oxygen atoms in total. The molecule has 0 N–H and O–H groups in total. The summed E-state index contributed by atoms with van der Waals surface area (Å²) in [6.07, 6.45) is 0. The van der Waals surface area contributed by atoms with Crippen LogP contribution in [0.2, 0.25) is 0 Å². The van der Waals surface area contributed by atoms with Crippen LogP contribution in [-0.2, 0) is 0 Å². The minimum Gasteiger partial charge on any atom is -0.357 e. The molecule has 0 saturated carbocycles. The number of hydrogen-bond acceptors (Lipinski definition) is 3. The highest BCUT2D eigenvalue weighted by atomic mass is 32.2. The Labute approximate surface area is 150 Å². The Morgan fingerprint density at radius 3 is 1.96 bits per heavy atom. The van der Waals surface area contributed by atoms with E-state index in [1.165, 1.54) is 11.9 Å². The van der Waals surface area contributed by atoms with Crippen LogP contribution in [-0.4, -0.2) is 38.1 Å². The summed E-state index contributed by atoms with van der Waals surface area (Å²) < 4.78 is 2.53. The molecule has 0 aliphatic carbocycles. The number of hydrogen-bond donors (Lipinski definition) is 0. The summed E-state index contributed by atoms with van der Waals surface area (Å²) in [6.45, 7) is 16.0. The van der Waals surface area contributed by atoms with Crippen molar-refractivity contribution < 1.29 is 4.79 Å². The molecule has 23 heavy (non-hydrogen) atoms. The van der Waals surface area contributed by atoms with E-state index in [0.29, 0.717) is 5.56 Å². The van der Waals surface area contributed by atoms with Gasteiger partial charge in [0.05, 0.1) is 0 Å². The summed E-state index contributed by atoms with van der Waals surface area (Å²) in [5.74, 6) is 0.00352. The Hall–Kier alpha value is -1.07. The number of amides is 1. The molecule has 5 heteroatoms. The molecule has 0 atom stereocenters. The predicted molar refractivity (Wildman–Crippen MR) is 105 cm³/mol. The maximum atomic E-state index is 13.1. The van der Waals surface area contributed by atoms with Gasteiger partial charge in [-0.3, -0.25) is 9.10 Å². The topological polar surface area (TPSA) is 23.6 Å². The van der Waals surface area contributed by atoms with Crippen molar-refractivity contribution in [3.63, 3.8) is 0 Å². The lowest BCUT2D eigenvalue weighted by Crippen LogP contribution is -2.43. The van der Waals surface area contributed by atoms with Crippen LogP contribution in [0.25, 0.3) is 0 Å². The molecule has 1 aromatic carbocycles. The maximum absolute atomic E-state index is 13.1. The number of rotatable bonds is 3. The van der Waals surface area contributed by atoms with Gasteiger partial charge >= 0.3 is 0 Å². The van der Waals surface area contributed by atoms with Gasteiger partial charge in [0.1, 0.15) is 0 Å². The number of nitrogens with zero attached hydrogens (tertiary/aromatic N) is 2. The number of carbonyl (C=O) groups is 1. The highest BCUT2D eigenvalue weighted by Gasteiger charge is 2.30. The number of benzene rings is 1. The van der Waals surface area contributed by atoms with Gasteiger partial charge in [-0.05, 0) is 60.6 Å². The third-order valence-corrected chi connectivity index (χ3v) is 5.25. The predicted octanol–water partition coefficient (Wildman–Crippen LogP) is 4.82. The molecule has 0 saturated heterocycles. The lowest BCUT2D eigenvalue weighted by Gasteiger charge is -2.36. The second-order valence-electron chi connectivity index (χ2n) is 6.68. The monoisotopic (exact) mass is 352 g/mol. The van der Waals surface area contributed by atoms with Crippen LogP contribution in [0.4, 0.5) is 0 Å². The first kappa shape index (κ1) is 20.0. The molecule has 1 amide bonds. The molecule has 0 heterocycles. The van der Waals surface area contributed by atoms with E-state index < -0.39 is 0 Å². The van der Waals surface area contributed by atoms with Crippen molar-refractivity contribution in [2.24, 2.45) is 0 Å². The van der Waals surface area contributed by atoms with Crippen molar-refractivity contribution >= 4 is 34.4 Å². The Balaban J connectivity index is 3.12. The first-order valence-electron chi connectivity index (χ1n) is 7.99. The normalized spacial score (nSPS) is 11.3. The van der Waals surface area contributed by atoms with Gasteiger partial charge in [0.25, 0.3) is 5.91 Å². The molecule has 0 aliphatic heterocycles. The van der Waals surface area contributed by atoms with Crippen LogP contribution < -0.4 is 0 Å². The van der Waals surface area contributed by atoms with E-state index in [-0.39, 0.29) is 11.4 Å². The molecule has 0 aromatic heterocycles. The van der Waals surface area contributed by atoms with Crippen LogP contribution >= 0.6 is 24.2 Å². The lowest BCUT2D eigenvalue weighted by atomic mass is 10.0. The molecular weight excluding hydrogens is 324 g/mol. The molecule has 0 spiro atoms. The van der Waals surface area contributed by atoms with Crippen molar-refractivity contribution in [2.45, 2.75) is 54.0 Å². The molecule has 0 bridgehead atoms. The number of aryl methyl sites for hydroxylation is 2. The molecular formula is C18H28N2OS2. The highest BCUT2D eigenvalue weighted by Crippen LogP contribution is 2.29. The first-order valence-corrected chi connectivity index (χ1v) is 9.18. The van der Waals surface area contributed by atoms with Crippen molar-refractivity contribution in [2.75, 3.05) is 13.1 Å². The molecule has 0 fully saturated rings. The van der Waals surface area contributed by atoms with E-state index in [1.54, 1.807) is 4.31 Å². The summed E-state index contributed by atoms with van der Waals surface area (Å²) >= 11 is 6.90. The average Bonchev–Trinajstić information content (AvgIpc) is 2.43. The van der Waals surface area contributed by atoms with Crippen LogP contribution in [0.15, 0.2) is 18.2 Å². The Kier molecular flexibility index (Phi) is 7.08. The lowest BCUT2D eigenvalue weighted by molar-refractivity contribution is 0.0793. The summed E-state index contributed by atoms with van der Waals surface area (Å²) in [5, 5.41) is 0. The van der Waals surface area contributed by atoms with E-state index in [9.17, 15) is 4.79 Å². The molecule has 1 aromatic rings. The van der Waals surface area contributed by atoms with E-state index >= 15 is 0 Å². The molecule has 0 aliphatic rings. The maximum Gasteiger partial charge on any atom is 0.264 e. The third kappa shape index (κ3) is 5.50. The largest absolute Gasteiger partial charge is 0.357 e. The molecule has 1 rings (SSSR count). The summed E-state index contributed by atoms with van der Waals surface area (Å²) in [5.41, 5.74) is 2.58. The summed E-state index contributed by atoms with van der Waals surface area (Å²) in [4.78, 5) is 15.1. The third-order valence-electron chi connectivity index (χ3n) is 3.45. The van der Waals surface area contributed by atoms with Gasteiger partial charge in [-0.2, -0.15) is 0 Å². The first-order chi connectivity index (χ1) is 10.6. The van der Waals surface area contributed by atoms with Crippen LogP contribution in [0.3, 0.4) is 0 Å². The second-order valence-corrected chi connectivity index (χ2v) is 8.26. The van der Waals surface area contributed by atoms with E-state index in [2.05, 4.69) is 24.8 Å². The van der Waals surface area contributed by atoms with Crippen molar-refractivity contribution in [3.05, 3.63) is 34.9 Å². The van der Waals surface area contributed by atoms with Gasteiger partial charge in [0.2, 0.25) is 0 Å². The fourth-order valence-electron chi connectivity index (χ4n) is 2.32. The summed E-state index contributed by atoms with van der Waals surface area (Å²) in [6, 6.07) is 5.95. The van der Waals surface area contributed by atoms with Crippen LogP contribution in [0.5, 0.6) is 0 Å². The number of thiocarbonyl (C=S) groups is 1. The number of carbonyl (C=O) groups excluding carboxylic acids is 1. The van der Waals surface area contributed by atoms with Crippen LogP contribution in [0.1, 0.15) is 56.1 Å². The van der Waals surface area contributed by atoms with E-state index in [4.69, 9.17) is 12.2 Å². The van der Waals surface area contributed by atoms with Crippen molar-refractivity contribution in [3.8, 4) is 0 Å². The standard InChI is InChI=1S/C18H28N2OS2/c1-8-19(9-2)17(22)23-20(18(5,6)7)16(21)15-11-13(3)10-14(4)12-15/h10-12H,8-9H2,1-7H3.